The quantitative estimate of drug-likeness (QED) is 0.439. The molecular weight excluding hydrogens is 208 g/mol. The molecule has 2 aromatic heterocycles. The second kappa shape index (κ2) is 4.08. The van der Waals surface area contributed by atoms with E-state index in [0.29, 0.717) is 12.1 Å². The highest BCUT2D eigenvalue weighted by Crippen LogP contribution is 1.99. The van der Waals surface area contributed by atoms with Crippen molar-refractivity contribution in [1.29, 1.82) is 0 Å². The van der Waals surface area contributed by atoms with Crippen LogP contribution in [0.15, 0.2) is 28.4 Å². The first-order valence-corrected chi connectivity index (χ1v) is 4.78. The average molecular weight is 218 g/mol. The highest BCUT2D eigenvalue weighted by molar-refractivity contribution is 5.44. The molecule has 0 bridgehead atoms. The molecule has 0 aliphatic carbocycles. The Kier molecular flexibility index (Phi) is 2.61. The SMILES string of the molecule is Cc1cc2c(=O)n(CCN=[N+]=[N-])ccn2n1. The molecule has 0 aromatic carbocycles. The Morgan fingerprint density at radius 3 is 3.12 bits per heavy atom. The van der Waals surface area contributed by atoms with Gasteiger partial charge in [-0.05, 0) is 18.5 Å². The van der Waals surface area contributed by atoms with Crippen LogP contribution in [0.2, 0.25) is 0 Å². The van der Waals surface area contributed by atoms with Crippen molar-refractivity contribution in [2.75, 3.05) is 6.54 Å². The third-order valence-electron chi connectivity index (χ3n) is 2.23. The molecule has 0 fully saturated rings. The van der Waals surface area contributed by atoms with Crippen molar-refractivity contribution in [2.24, 2.45) is 5.11 Å². The summed E-state index contributed by atoms with van der Waals surface area (Å²) in [5.74, 6) is 0. The molecule has 2 rings (SSSR count). The first-order chi connectivity index (χ1) is 7.72. The molecule has 0 unspecified atom stereocenters. The van der Waals surface area contributed by atoms with Gasteiger partial charge in [0.05, 0.1) is 5.69 Å². The number of aromatic nitrogens is 3. The minimum Gasteiger partial charge on any atom is -0.312 e. The average Bonchev–Trinajstić information content (AvgIpc) is 2.64. The molecule has 2 heterocycles. The summed E-state index contributed by atoms with van der Waals surface area (Å²) in [7, 11) is 0. The molecule has 0 atom stereocenters. The molecule has 0 spiro atoms. The molecular formula is C9H10N6O. The topological polar surface area (TPSA) is 88.1 Å². The fourth-order valence-corrected chi connectivity index (χ4v) is 1.52. The van der Waals surface area contributed by atoms with Crippen molar-refractivity contribution in [1.82, 2.24) is 14.2 Å². The maximum atomic E-state index is 11.9. The fourth-order valence-electron chi connectivity index (χ4n) is 1.52. The lowest BCUT2D eigenvalue weighted by Crippen LogP contribution is -2.22. The van der Waals surface area contributed by atoms with Crippen LogP contribution >= 0.6 is 0 Å². The normalized spacial score (nSPS) is 10.3. The summed E-state index contributed by atoms with van der Waals surface area (Å²) in [4.78, 5) is 14.5. The highest BCUT2D eigenvalue weighted by Gasteiger charge is 2.04. The minimum atomic E-state index is -0.128. The van der Waals surface area contributed by atoms with Gasteiger partial charge in [0, 0.05) is 30.4 Å². The summed E-state index contributed by atoms with van der Waals surface area (Å²) in [6.45, 7) is 2.47. The minimum absolute atomic E-state index is 0.128. The number of azide groups is 1. The zero-order chi connectivity index (χ0) is 11.5. The van der Waals surface area contributed by atoms with Crippen LogP contribution in [0.4, 0.5) is 0 Å². The van der Waals surface area contributed by atoms with Gasteiger partial charge in [0.2, 0.25) is 0 Å². The molecule has 0 aliphatic heterocycles. The lowest BCUT2D eigenvalue weighted by atomic mass is 10.4. The molecule has 82 valence electrons. The standard InChI is InChI=1S/C9H10N6O/c1-7-6-8-9(16)14(3-2-11-13-10)4-5-15(8)12-7/h4-6H,2-3H2,1H3. The van der Waals surface area contributed by atoms with Gasteiger partial charge in [-0.2, -0.15) is 5.10 Å². The van der Waals surface area contributed by atoms with E-state index in [9.17, 15) is 4.79 Å². The Bertz CT molecular complexity index is 618. The van der Waals surface area contributed by atoms with E-state index in [1.165, 1.54) is 4.57 Å². The number of hydrogen-bond acceptors (Lipinski definition) is 3. The van der Waals surface area contributed by atoms with Gasteiger partial charge in [-0.1, -0.05) is 5.11 Å². The highest BCUT2D eigenvalue weighted by atomic mass is 16.1. The number of nitrogens with zero attached hydrogens (tertiary/aromatic N) is 6. The fraction of sp³-hybridized carbons (Fsp3) is 0.333. The second-order valence-corrected chi connectivity index (χ2v) is 3.37. The Hall–Kier alpha value is -2.27. The smallest absolute Gasteiger partial charge is 0.276 e. The van der Waals surface area contributed by atoms with E-state index in [4.69, 9.17) is 5.53 Å². The van der Waals surface area contributed by atoms with Crippen LogP contribution in [-0.2, 0) is 6.54 Å². The van der Waals surface area contributed by atoms with E-state index in [2.05, 4.69) is 15.1 Å². The predicted molar refractivity (Wildman–Crippen MR) is 58.2 cm³/mol. The van der Waals surface area contributed by atoms with E-state index < -0.39 is 0 Å². The van der Waals surface area contributed by atoms with E-state index in [1.807, 2.05) is 6.92 Å². The van der Waals surface area contributed by atoms with Crippen LogP contribution < -0.4 is 5.56 Å². The van der Waals surface area contributed by atoms with Gasteiger partial charge in [-0.15, -0.1) is 0 Å². The number of hydrogen-bond donors (Lipinski definition) is 0. The molecule has 0 N–H and O–H groups in total. The number of aryl methyl sites for hydroxylation is 1. The summed E-state index contributed by atoms with van der Waals surface area (Å²) in [5, 5.41) is 7.52. The van der Waals surface area contributed by atoms with Crippen molar-refractivity contribution in [3.8, 4) is 0 Å². The van der Waals surface area contributed by atoms with Gasteiger partial charge in [0.1, 0.15) is 5.52 Å². The van der Waals surface area contributed by atoms with Gasteiger partial charge in [-0.25, -0.2) is 4.52 Å². The van der Waals surface area contributed by atoms with Crippen molar-refractivity contribution in [3.63, 3.8) is 0 Å². The lowest BCUT2D eigenvalue weighted by molar-refractivity contribution is 0.671. The van der Waals surface area contributed by atoms with Crippen LogP contribution in [-0.4, -0.2) is 20.7 Å². The Morgan fingerprint density at radius 2 is 2.38 bits per heavy atom. The molecule has 0 saturated heterocycles. The van der Waals surface area contributed by atoms with E-state index in [0.717, 1.165) is 5.69 Å². The molecule has 2 aromatic rings. The van der Waals surface area contributed by atoms with Crippen LogP contribution in [0.3, 0.4) is 0 Å². The van der Waals surface area contributed by atoms with Crippen molar-refractivity contribution >= 4 is 5.52 Å². The van der Waals surface area contributed by atoms with Crippen molar-refractivity contribution in [3.05, 3.63) is 45.0 Å². The largest absolute Gasteiger partial charge is 0.312 e. The summed E-state index contributed by atoms with van der Waals surface area (Å²) in [6, 6.07) is 1.73. The molecule has 0 radical (unpaired) electrons. The van der Waals surface area contributed by atoms with E-state index >= 15 is 0 Å². The van der Waals surface area contributed by atoms with Crippen LogP contribution in [0.1, 0.15) is 5.69 Å². The molecule has 16 heavy (non-hydrogen) atoms. The Morgan fingerprint density at radius 1 is 1.56 bits per heavy atom. The Labute approximate surface area is 90.6 Å². The summed E-state index contributed by atoms with van der Waals surface area (Å²) < 4.78 is 3.05. The molecule has 0 amide bonds. The zero-order valence-electron chi connectivity index (χ0n) is 8.74. The first-order valence-electron chi connectivity index (χ1n) is 4.78. The first kappa shape index (κ1) is 10.3. The van der Waals surface area contributed by atoms with Gasteiger partial charge in [0.15, 0.2) is 0 Å². The van der Waals surface area contributed by atoms with Crippen LogP contribution in [0.5, 0.6) is 0 Å². The van der Waals surface area contributed by atoms with Crippen LogP contribution in [0.25, 0.3) is 16.0 Å². The summed E-state index contributed by atoms with van der Waals surface area (Å²) >= 11 is 0. The van der Waals surface area contributed by atoms with Crippen LogP contribution in [0, 0.1) is 6.92 Å². The lowest BCUT2D eigenvalue weighted by Gasteiger charge is -2.02. The summed E-state index contributed by atoms with van der Waals surface area (Å²) in [6.07, 6.45) is 3.34. The zero-order valence-corrected chi connectivity index (χ0v) is 8.74. The van der Waals surface area contributed by atoms with E-state index in [-0.39, 0.29) is 12.1 Å². The van der Waals surface area contributed by atoms with Gasteiger partial charge in [0.25, 0.3) is 5.56 Å². The Balaban J connectivity index is 2.43. The third-order valence-corrected chi connectivity index (χ3v) is 2.23. The van der Waals surface area contributed by atoms with Crippen molar-refractivity contribution in [2.45, 2.75) is 13.5 Å². The summed E-state index contributed by atoms with van der Waals surface area (Å²) in [5.41, 5.74) is 9.34. The second-order valence-electron chi connectivity index (χ2n) is 3.37. The van der Waals surface area contributed by atoms with Gasteiger partial charge in [-0.3, -0.25) is 4.79 Å². The van der Waals surface area contributed by atoms with E-state index in [1.54, 1.807) is 23.0 Å². The predicted octanol–water partition coefficient (Wildman–Crippen LogP) is 1.11. The molecule has 0 saturated carbocycles. The molecule has 7 nitrogen and oxygen atoms in total. The van der Waals surface area contributed by atoms with Gasteiger partial charge < -0.3 is 4.57 Å². The molecule has 0 aliphatic rings. The van der Waals surface area contributed by atoms with Crippen molar-refractivity contribution < 1.29 is 0 Å². The monoisotopic (exact) mass is 218 g/mol. The molecule has 7 heteroatoms. The number of fused-ring (bicyclic) bond motifs is 1. The maximum absolute atomic E-state index is 11.9. The maximum Gasteiger partial charge on any atom is 0.276 e. The van der Waals surface area contributed by atoms with Gasteiger partial charge >= 0.3 is 0 Å². The number of rotatable bonds is 3. The third kappa shape index (κ3) is 1.76.